The number of rotatable bonds is 5. The second kappa shape index (κ2) is 7.34. The van der Waals surface area contributed by atoms with E-state index < -0.39 is 5.60 Å². The summed E-state index contributed by atoms with van der Waals surface area (Å²) in [6.07, 6.45) is 0. The molecular formula is C18H24N2O4. The molecular weight excluding hydrogens is 308 g/mol. The fourth-order valence-corrected chi connectivity index (χ4v) is 2.86. The molecule has 0 aliphatic carbocycles. The van der Waals surface area contributed by atoms with E-state index in [0.717, 1.165) is 29.3 Å². The molecule has 0 spiro atoms. The van der Waals surface area contributed by atoms with Crippen molar-refractivity contribution >= 4 is 0 Å². The van der Waals surface area contributed by atoms with Crippen molar-refractivity contribution in [1.82, 2.24) is 10.1 Å². The molecule has 0 bridgehead atoms. The summed E-state index contributed by atoms with van der Waals surface area (Å²) < 4.78 is 16.5. The highest BCUT2D eigenvalue weighted by Crippen LogP contribution is 2.19. The van der Waals surface area contributed by atoms with Gasteiger partial charge in [-0.25, -0.2) is 0 Å². The van der Waals surface area contributed by atoms with Gasteiger partial charge in [0.25, 0.3) is 0 Å². The largest absolute Gasteiger partial charge is 0.490 e. The zero-order valence-corrected chi connectivity index (χ0v) is 14.2. The van der Waals surface area contributed by atoms with E-state index in [0.29, 0.717) is 19.7 Å². The first-order valence-corrected chi connectivity index (χ1v) is 8.17. The molecule has 2 heterocycles. The molecule has 1 fully saturated rings. The Morgan fingerprint density at radius 2 is 2.21 bits per heavy atom. The predicted molar refractivity (Wildman–Crippen MR) is 89.0 cm³/mol. The molecule has 1 aromatic heterocycles. The zero-order valence-electron chi connectivity index (χ0n) is 14.2. The third-order valence-electron chi connectivity index (χ3n) is 4.00. The summed E-state index contributed by atoms with van der Waals surface area (Å²) >= 11 is 0. The smallest absolute Gasteiger partial charge is 0.134 e. The van der Waals surface area contributed by atoms with Gasteiger partial charge in [0.1, 0.15) is 23.7 Å². The van der Waals surface area contributed by atoms with Gasteiger partial charge in [-0.1, -0.05) is 17.3 Å². The number of aliphatic hydroxyl groups is 1. The van der Waals surface area contributed by atoms with Crippen molar-refractivity contribution in [3.05, 3.63) is 47.3 Å². The van der Waals surface area contributed by atoms with Gasteiger partial charge >= 0.3 is 0 Å². The lowest BCUT2D eigenvalue weighted by molar-refractivity contribution is -0.0647. The lowest BCUT2D eigenvalue weighted by atomic mass is 10.1. The van der Waals surface area contributed by atoms with Crippen molar-refractivity contribution in [1.29, 1.82) is 0 Å². The van der Waals surface area contributed by atoms with Crippen molar-refractivity contribution < 1.29 is 19.1 Å². The second-order valence-electron chi connectivity index (χ2n) is 6.52. The Morgan fingerprint density at radius 3 is 2.96 bits per heavy atom. The molecule has 130 valence electrons. The molecule has 1 aliphatic rings. The molecule has 1 aliphatic heterocycles. The first kappa shape index (κ1) is 17.0. The van der Waals surface area contributed by atoms with Crippen LogP contribution >= 0.6 is 0 Å². The number of aromatic nitrogens is 1. The van der Waals surface area contributed by atoms with Gasteiger partial charge in [0, 0.05) is 25.7 Å². The minimum absolute atomic E-state index is 0.185. The predicted octanol–water partition coefficient (Wildman–Crippen LogP) is 1.93. The fraction of sp³-hybridized carbons (Fsp3) is 0.500. The number of aryl methyl sites for hydroxylation is 2. The Labute approximate surface area is 142 Å². The molecule has 0 saturated carbocycles. The number of ether oxygens (including phenoxy) is 2. The molecule has 1 saturated heterocycles. The summed E-state index contributed by atoms with van der Waals surface area (Å²) in [5.41, 5.74) is 0.926. The van der Waals surface area contributed by atoms with Crippen LogP contribution < -0.4 is 4.74 Å². The average molecular weight is 332 g/mol. The van der Waals surface area contributed by atoms with Crippen LogP contribution in [0, 0.1) is 13.8 Å². The van der Waals surface area contributed by atoms with Gasteiger partial charge in [-0.3, -0.25) is 4.90 Å². The first-order chi connectivity index (χ1) is 11.5. The van der Waals surface area contributed by atoms with Gasteiger partial charge < -0.3 is 19.1 Å². The number of benzene rings is 1. The fourth-order valence-electron chi connectivity index (χ4n) is 2.86. The number of nitrogens with zero attached hydrogens (tertiary/aromatic N) is 2. The summed E-state index contributed by atoms with van der Waals surface area (Å²) in [6.45, 7) is 6.71. The Morgan fingerprint density at radius 1 is 1.33 bits per heavy atom. The third kappa shape index (κ3) is 4.56. The maximum absolute atomic E-state index is 10.9. The lowest BCUT2D eigenvalue weighted by Gasteiger charge is -2.30. The van der Waals surface area contributed by atoms with E-state index in [1.54, 1.807) is 0 Å². The first-order valence-electron chi connectivity index (χ1n) is 8.17. The van der Waals surface area contributed by atoms with Crippen molar-refractivity contribution in [2.24, 2.45) is 0 Å². The monoisotopic (exact) mass is 332 g/mol. The standard InChI is InChI=1S/C18H24N2O4/c1-14-4-3-5-17(8-14)23-13-18(21)11-20(6-7-22-12-18)10-16-9-15(2)24-19-16/h3-5,8-9,21H,6-7,10-13H2,1-2H3/t18-/m0/s1. The Hall–Kier alpha value is -1.89. The molecule has 1 atom stereocenters. The number of hydrogen-bond donors (Lipinski definition) is 1. The highest BCUT2D eigenvalue weighted by atomic mass is 16.5. The third-order valence-corrected chi connectivity index (χ3v) is 4.00. The van der Waals surface area contributed by atoms with Crippen LogP contribution in [0.5, 0.6) is 5.75 Å². The zero-order chi connectivity index (χ0) is 17.0. The van der Waals surface area contributed by atoms with Gasteiger partial charge in [-0.15, -0.1) is 0 Å². The minimum Gasteiger partial charge on any atom is -0.490 e. The van der Waals surface area contributed by atoms with Crippen LogP contribution in [0.3, 0.4) is 0 Å². The van der Waals surface area contributed by atoms with Crippen LogP contribution in [0.15, 0.2) is 34.9 Å². The van der Waals surface area contributed by atoms with Crippen LogP contribution in [0.1, 0.15) is 17.0 Å². The molecule has 1 N–H and O–H groups in total. The van der Waals surface area contributed by atoms with Gasteiger partial charge in [0.15, 0.2) is 0 Å². The summed E-state index contributed by atoms with van der Waals surface area (Å²) in [6, 6.07) is 9.71. The topological polar surface area (TPSA) is 68.0 Å². The van der Waals surface area contributed by atoms with Crippen LogP contribution in [0.25, 0.3) is 0 Å². The molecule has 2 aromatic rings. The van der Waals surface area contributed by atoms with Crippen molar-refractivity contribution in [3.8, 4) is 5.75 Å². The van der Waals surface area contributed by atoms with E-state index in [-0.39, 0.29) is 13.2 Å². The van der Waals surface area contributed by atoms with Gasteiger partial charge in [-0.2, -0.15) is 0 Å². The van der Waals surface area contributed by atoms with Gasteiger partial charge in [0.05, 0.1) is 18.9 Å². The van der Waals surface area contributed by atoms with Crippen molar-refractivity contribution in [2.75, 3.05) is 32.9 Å². The van der Waals surface area contributed by atoms with Crippen LogP contribution in [-0.4, -0.2) is 53.7 Å². The van der Waals surface area contributed by atoms with Crippen LogP contribution in [0.2, 0.25) is 0 Å². The summed E-state index contributed by atoms with van der Waals surface area (Å²) in [7, 11) is 0. The summed E-state index contributed by atoms with van der Waals surface area (Å²) in [5.74, 6) is 1.54. The Bertz CT molecular complexity index is 673. The van der Waals surface area contributed by atoms with Crippen molar-refractivity contribution in [3.63, 3.8) is 0 Å². The lowest BCUT2D eigenvalue weighted by Crippen LogP contribution is -2.48. The van der Waals surface area contributed by atoms with Crippen LogP contribution in [0.4, 0.5) is 0 Å². The highest BCUT2D eigenvalue weighted by molar-refractivity contribution is 5.27. The molecule has 24 heavy (non-hydrogen) atoms. The second-order valence-corrected chi connectivity index (χ2v) is 6.52. The maximum atomic E-state index is 10.9. The van der Waals surface area contributed by atoms with E-state index in [9.17, 15) is 5.11 Å². The Balaban J connectivity index is 1.62. The quantitative estimate of drug-likeness (QED) is 0.902. The summed E-state index contributed by atoms with van der Waals surface area (Å²) in [5, 5.41) is 14.9. The number of β-amino-alcohol motifs (C(OH)–C–C–N with tert-alkyl or cyclic N) is 1. The van der Waals surface area contributed by atoms with E-state index in [2.05, 4.69) is 10.1 Å². The number of hydrogen-bond acceptors (Lipinski definition) is 6. The maximum Gasteiger partial charge on any atom is 0.134 e. The summed E-state index contributed by atoms with van der Waals surface area (Å²) in [4.78, 5) is 2.11. The molecule has 1 aromatic carbocycles. The van der Waals surface area contributed by atoms with Gasteiger partial charge in [0.2, 0.25) is 0 Å². The molecule has 6 heteroatoms. The average Bonchev–Trinajstić information content (AvgIpc) is 2.85. The van der Waals surface area contributed by atoms with Crippen molar-refractivity contribution in [2.45, 2.75) is 26.0 Å². The SMILES string of the molecule is Cc1cccc(OC[C@@]2(O)COCCN(Cc3cc(C)on3)C2)c1. The van der Waals surface area contributed by atoms with E-state index >= 15 is 0 Å². The van der Waals surface area contributed by atoms with E-state index in [4.69, 9.17) is 14.0 Å². The molecule has 0 unspecified atom stereocenters. The van der Waals surface area contributed by atoms with Crippen LogP contribution in [-0.2, 0) is 11.3 Å². The highest BCUT2D eigenvalue weighted by Gasteiger charge is 2.33. The van der Waals surface area contributed by atoms with E-state index in [1.165, 1.54) is 0 Å². The molecule has 0 radical (unpaired) electrons. The Kier molecular flexibility index (Phi) is 5.18. The molecule has 6 nitrogen and oxygen atoms in total. The normalized spacial score (nSPS) is 22.3. The van der Waals surface area contributed by atoms with E-state index in [1.807, 2.05) is 44.2 Å². The molecule has 3 rings (SSSR count). The van der Waals surface area contributed by atoms with Gasteiger partial charge in [-0.05, 0) is 31.5 Å². The molecule has 0 amide bonds. The minimum atomic E-state index is -1.06.